The van der Waals surface area contributed by atoms with Crippen molar-refractivity contribution in [3.8, 4) is 22.6 Å². The van der Waals surface area contributed by atoms with E-state index in [-0.39, 0.29) is 19.0 Å². The fraction of sp³-hybridized carbons (Fsp3) is 0.148. The van der Waals surface area contributed by atoms with Crippen molar-refractivity contribution in [1.29, 1.82) is 0 Å². The highest BCUT2D eigenvalue weighted by Gasteiger charge is 2.17. The first-order valence-electron chi connectivity index (χ1n) is 11.1. The summed E-state index contributed by atoms with van der Waals surface area (Å²) < 4.78 is 14.1. The molecule has 0 aliphatic rings. The summed E-state index contributed by atoms with van der Waals surface area (Å²) in [7, 11) is 0. The lowest BCUT2D eigenvalue weighted by atomic mass is 10.1. The lowest BCUT2D eigenvalue weighted by Crippen LogP contribution is -2.07. The summed E-state index contributed by atoms with van der Waals surface area (Å²) in [5.41, 5.74) is 6.51. The highest BCUT2D eigenvalue weighted by molar-refractivity contribution is 5.86. The number of imidazole rings is 1. The fourth-order valence-corrected chi connectivity index (χ4v) is 4.01. The second-order valence-electron chi connectivity index (χ2n) is 8.12. The third-order valence-electron chi connectivity index (χ3n) is 5.60. The molecule has 0 radical (unpaired) electrons. The number of rotatable bonds is 7. The molecule has 170 valence electrons. The van der Waals surface area contributed by atoms with Crippen LogP contribution in [0.15, 0.2) is 72.9 Å². The number of aliphatic hydroxyl groups is 1. The zero-order valence-electron chi connectivity index (χ0n) is 18.7. The molecule has 0 unspecified atom stereocenters. The standard InChI is InChI=1S/C27H24FN5O/c1-17-4-2-6-23(31-17)27-26(20-8-10-22-19(16-20)5-3-11-29-22)32-25(33-27)15-18-7-9-21(28)24(14-18)30-12-13-34/h2-11,14,16,30,34H,12-13,15H2,1H3,(H,32,33). The summed E-state index contributed by atoms with van der Waals surface area (Å²) in [6, 6.07) is 20.9. The minimum absolute atomic E-state index is 0.0701. The predicted octanol–water partition coefficient (Wildman–Crippen LogP) is 5.13. The number of H-pyrrole nitrogens is 1. The Morgan fingerprint density at radius 1 is 1.00 bits per heavy atom. The van der Waals surface area contributed by atoms with E-state index < -0.39 is 0 Å². The summed E-state index contributed by atoms with van der Waals surface area (Å²) in [6.45, 7) is 2.17. The molecule has 3 N–H and O–H groups in total. The molecule has 0 atom stereocenters. The van der Waals surface area contributed by atoms with Crippen LogP contribution in [-0.2, 0) is 6.42 Å². The smallest absolute Gasteiger partial charge is 0.146 e. The summed E-state index contributed by atoms with van der Waals surface area (Å²) in [5, 5.41) is 13.0. The third-order valence-corrected chi connectivity index (χ3v) is 5.60. The number of aromatic amines is 1. The molecule has 0 fully saturated rings. The van der Waals surface area contributed by atoms with Crippen LogP contribution in [0.3, 0.4) is 0 Å². The molecule has 5 rings (SSSR count). The molecule has 6 nitrogen and oxygen atoms in total. The maximum absolute atomic E-state index is 14.1. The van der Waals surface area contributed by atoms with Gasteiger partial charge < -0.3 is 15.4 Å². The highest BCUT2D eigenvalue weighted by atomic mass is 19.1. The van der Waals surface area contributed by atoms with Gasteiger partial charge in [-0.25, -0.2) is 9.37 Å². The van der Waals surface area contributed by atoms with Gasteiger partial charge in [0.05, 0.1) is 34.9 Å². The molecule has 0 spiro atoms. The average Bonchev–Trinajstić information content (AvgIpc) is 3.28. The topological polar surface area (TPSA) is 86.7 Å². The molecule has 0 aliphatic heterocycles. The Hall–Kier alpha value is -4.10. The summed E-state index contributed by atoms with van der Waals surface area (Å²) in [4.78, 5) is 17.5. The maximum atomic E-state index is 14.1. The Bertz CT molecular complexity index is 1460. The van der Waals surface area contributed by atoms with Gasteiger partial charge in [0.15, 0.2) is 0 Å². The number of halogens is 1. The normalized spacial score (nSPS) is 11.1. The molecular formula is C27H24FN5O. The van der Waals surface area contributed by atoms with Gasteiger partial charge in [-0.15, -0.1) is 0 Å². The number of nitrogens with zero attached hydrogens (tertiary/aromatic N) is 3. The Balaban J connectivity index is 1.57. The van der Waals surface area contributed by atoms with Crippen LogP contribution >= 0.6 is 0 Å². The molecule has 0 amide bonds. The maximum Gasteiger partial charge on any atom is 0.146 e. The van der Waals surface area contributed by atoms with Gasteiger partial charge in [0.1, 0.15) is 11.6 Å². The van der Waals surface area contributed by atoms with Crippen molar-refractivity contribution in [3.05, 3.63) is 95.8 Å². The number of aryl methyl sites for hydroxylation is 1. The van der Waals surface area contributed by atoms with Crippen molar-refractivity contribution < 1.29 is 9.50 Å². The van der Waals surface area contributed by atoms with Crippen molar-refractivity contribution in [2.45, 2.75) is 13.3 Å². The minimum Gasteiger partial charge on any atom is -0.395 e. The van der Waals surface area contributed by atoms with Crippen molar-refractivity contribution in [3.63, 3.8) is 0 Å². The number of aromatic nitrogens is 4. The van der Waals surface area contributed by atoms with E-state index in [0.29, 0.717) is 12.1 Å². The quantitative estimate of drug-likeness (QED) is 0.318. The van der Waals surface area contributed by atoms with E-state index in [0.717, 1.165) is 50.6 Å². The number of fused-ring (bicyclic) bond motifs is 1. The van der Waals surface area contributed by atoms with Crippen molar-refractivity contribution in [1.82, 2.24) is 19.9 Å². The molecule has 0 bridgehead atoms. The minimum atomic E-state index is -0.355. The SMILES string of the molecule is Cc1cccc(-c2[nH]c(Cc3ccc(F)c(NCCO)c3)nc2-c2ccc3ncccc3c2)n1. The Kier molecular flexibility index (Phi) is 6.01. The molecule has 3 heterocycles. The number of nitrogens with one attached hydrogen (secondary N) is 2. The van der Waals surface area contributed by atoms with E-state index in [4.69, 9.17) is 15.1 Å². The molecule has 0 saturated carbocycles. The number of hydrogen-bond acceptors (Lipinski definition) is 5. The van der Waals surface area contributed by atoms with Gasteiger partial charge in [-0.05, 0) is 55.0 Å². The number of anilines is 1. The first kappa shape index (κ1) is 21.7. The average molecular weight is 454 g/mol. The van der Waals surface area contributed by atoms with Crippen LogP contribution in [0.25, 0.3) is 33.5 Å². The van der Waals surface area contributed by atoms with Gasteiger partial charge in [-0.2, -0.15) is 0 Å². The monoisotopic (exact) mass is 453 g/mol. The molecule has 0 saturated heterocycles. The van der Waals surface area contributed by atoms with Crippen LogP contribution in [0, 0.1) is 12.7 Å². The number of hydrogen-bond donors (Lipinski definition) is 3. The lowest BCUT2D eigenvalue weighted by Gasteiger charge is -2.08. The van der Waals surface area contributed by atoms with E-state index in [2.05, 4.69) is 21.4 Å². The fourth-order valence-electron chi connectivity index (χ4n) is 4.01. The van der Waals surface area contributed by atoms with Gasteiger partial charge in [0, 0.05) is 35.8 Å². The zero-order valence-corrected chi connectivity index (χ0v) is 18.7. The second-order valence-corrected chi connectivity index (χ2v) is 8.12. The molecule has 3 aromatic heterocycles. The summed E-state index contributed by atoms with van der Waals surface area (Å²) in [5.74, 6) is 0.395. The second kappa shape index (κ2) is 9.41. The van der Waals surface area contributed by atoms with Gasteiger partial charge in [-0.1, -0.05) is 24.3 Å². The largest absolute Gasteiger partial charge is 0.395 e. The Morgan fingerprint density at radius 3 is 2.76 bits per heavy atom. The van der Waals surface area contributed by atoms with Gasteiger partial charge in [-0.3, -0.25) is 9.97 Å². The highest BCUT2D eigenvalue weighted by Crippen LogP contribution is 2.32. The third kappa shape index (κ3) is 4.51. The van der Waals surface area contributed by atoms with Crippen molar-refractivity contribution in [2.75, 3.05) is 18.5 Å². The lowest BCUT2D eigenvalue weighted by molar-refractivity contribution is 0.311. The number of aliphatic hydroxyl groups excluding tert-OH is 1. The van der Waals surface area contributed by atoms with E-state index in [1.165, 1.54) is 6.07 Å². The number of benzene rings is 2. The van der Waals surface area contributed by atoms with Crippen LogP contribution in [0.5, 0.6) is 0 Å². The number of pyridine rings is 2. The van der Waals surface area contributed by atoms with Gasteiger partial charge >= 0.3 is 0 Å². The predicted molar refractivity (Wildman–Crippen MR) is 132 cm³/mol. The first-order chi connectivity index (χ1) is 16.6. The molecule has 7 heteroatoms. The van der Waals surface area contributed by atoms with E-state index in [9.17, 15) is 4.39 Å². The van der Waals surface area contributed by atoms with E-state index in [1.807, 2.05) is 49.4 Å². The van der Waals surface area contributed by atoms with Crippen LogP contribution < -0.4 is 5.32 Å². The first-order valence-corrected chi connectivity index (χ1v) is 11.1. The molecule has 2 aromatic carbocycles. The van der Waals surface area contributed by atoms with E-state index >= 15 is 0 Å². The van der Waals surface area contributed by atoms with Crippen LogP contribution in [0.2, 0.25) is 0 Å². The molecular weight excluding hydrogens is 429 g/mol. The summed E-state index contributed by atoms with van der Waals surface area (Å²) >= 11 is 0. The van der Waals surface area contributed by atoms with Gasteiger partial charge in [0.25, 0.3) is 0 Å². The van der Waals surface area contributed by atoms with Crippen LogP contribution in [0.4, 0.5) is 10.1 Å². The molecule has 0 aliphatic carbocycles. The molecule has 34 heavy (non-hydrogen) atoms. The van der Waals surface area contributed by atoms with Crippen molar-refractivity contribution >= 4 is 16.6 Å². The van der Waals surface area contributed by atoms with Crippen LogP contribution in [0.1, 0.15) is 17.1 Å². The van der Waals surface area contributed by atoms with Crippen molar-refractivity contribution in [2.24, 2.45) is 0 Å². The van der Waals surface area contributed by atoms with Crippen LogP contribution in [-0.4, -0.2) is 38.2 Å². The van der Waals surface area contributed by atoms with E-state index in [1.54, 1.807) is 18.3 Å². The summed E-state index contributed by atoms with van der Waals surface area (Å²) in [6.07, 6.45) is 2.27. The van der Waals surface area contributed by atoms with Gasteiger partial charge in [0.2, 0.25) is 0 Å². The molecule has 5 aromatic rings. The Labute approximate surface area is 196 Å². The zero-order chi connectivity index (χ0) is 23.5. The Morgan fingerprint density at radius 2 is 1.91 bits per heavy atom.